The van der Waals surface area contributed by atoms with Crippen LogP contribution in [0, 0.1) is 11.5 Å². The Morgan fingerprint density at radius 2 is 2.00 bits per heavy atom. The quantitative estimate of drug-likeness (QED) is 0.417. The lowest BCUT2D eigenvalue weighted by Gasteiger charge is -2.29. The van der Waals surface area contributed by atoms with Gasteiger partial charge in [-0.1, -0.05) is 0 Å². The van der Waals surface area contributed by atoms with Crippen LogP contribution < -0.4 is 0 Å². The minimum absolute atomic E-state index is 0.380. The molecule has 1 aliphatic heterocycles. The molecule has 0 aromatic carbocycles. The maximum absolute atomic E-state index is 7.43. The first-order valence-electron chi connectivity index (χ1n) is 5.47. The third-order valence-electron chi connectivity index (χ3n) is 2.47. The molecule has 1 fully saturated rings. The van der Waals surface area contributed by atoms with E-state index in [1.165, 1.54) is 38.1 Å². The van der Waals surface area contributed by atoms with Crippen LogP contribution in [-0.2, 0) is 4.74 Å². The van der Waals surface area contributed by atoms with Crippen molar-refractivity contribution in [3.8, 4) is 6.19 Å². The van der Waals surface area contributed by atoms with Gasteiger partial charge >= 0.3 is 0 Å². The number of rotatable bonds is 3. The van der Waals surface area contributed by atoms with Gasteiger partial charge in [0.1, 0.15) is 0 Å². The molecule has 0 aromatic heterocycles. The van der Waals surface area contributed by atoms with Crippen molar-refractivity contribution in [1.82, 2.24) is 0 Å². The molecule has 0 amide bonds. The Balaban J connectivity index is 0.000000385. The van der Waals surface area contributed by atoms with Crippen LogP contribution in [0.5, 0.6) is 0 Å². The van der Waals surface area contributed by atoms with Gasteiger partial charge in [-0.15, -0.1) is 6.01 Å². The predicted octanol–water partition coefficient (Wildman–Crippen LogP) is 1.82. The van der Waals surface area contributed by atoms with Gasteiger partial charge in [0, 0.05) is 12.8 Å². The Hall–Kier alpha value is -1.21. The molecule has 90 valence electrons. The minimum atomic E-state index is 0.380. The van der Waals surface area contributed by atoms with Crippen LogP contribution in [0.1, 0.15) is 26.7 Å². The van der Waals surface area contributed by atoms with Gasteiger partial charge in [-0.2, -0.15) is 5.26 Å². The minimum Gasteiger partial charge on any atom is -0.422 e. The van der Waals surface area contributed by atoms with Crippen molar-refractivity contribution in [2.75, 3.05) is 26.9 Å². The van der Waals surface area contributed by atoms with Crippen molar-refractivity contribution in [1.29, 1.82) is 5.26 Å². The van der Waals surface area contributed by atoms with E-state index in [1.54, 1.807) is 0 Å². The fourth-order valence-electron chi connectivity index (χ4n) is 1.58. The van der Waals surface area contributed by atoms with E-state index in [-0.39, 0.29) is 0 Å². The lowest BCUT2D eigenvalue weighted by Crippen LogP contribution is -2.43. The summed E-state index contributed by atoms with van der Waals surface area (Å²) in [6.07, 6.45) is 4.41. The van der Waals surface area contributed by atoms with E-state index in [0.717, 1.165) is 11.2 Å². The summed E-state index contributed by atoms with van der Waals surface area (Å²) in [5, 5.41) is 14.9. The van der Waals surface area contributed by atoms with Crippen molar-refractivity contribution in [3.05, 3.63) is 5.41 Å². The first-order chi connectivity index (χ1) is 7.54. The van der Waals surface area contributed by atoms with Gasteiger partial charge in [0.05, 0.1) is 32.4 Å². The van der Waals surface area contributed by atoms with Crippen molar-refractivity contribution in [2.24, 2.45) is 4.99 Å². The first kappa shape index (κ1) is 14.8. The second-order valence-corrected chi connectivity index (χ2v) is 4.43. The normalized spacial score (nSPS) is 16.9. The molecule has 0 spiro atoms. The fraction of sp³-hybridized carbons (Fsp3) is 0.818. The van der Waals surface area contributed by atoms with Crippen LogP contribution in [0.2, 0.25) is 0 Å². The third kappa shape index (κ3) is 7.13. The number of ether oxygens (including phenoxy) is 1. The molecule has 0 aromatic rings. The number of hydrogen-bond donors (Lipinski definition) is 0. The van der Waals surface area contributed by atoms with E-state index in [4.69, 9.17) is 15.4 Å². The summed E-state index contributed by atoms with van der Waals surface area (Å²) in [7, 11) is 2.29. The van der Waals surface area contributed by atoms with E-state index in [9.17, 15) is 0 Å². The summed E-state index contributed by atoms with van der Waals surface area (Å²) in [5.41, 5.74) is 0. The summed E-state index contributed by atoms with van der Waals surface area (Å²) in [6, 6.07) is 1.28. The first-order valence-corrected chi connectivity index (χ1v) is 5.47. The topological polar surface area (TPSA) is 67.7 Å². The highest BCUT2D eigenvalue weighted by Crippen LogP contribution is 2.16. The zero-order valence-corrected chi connectivity index (χ0v) is 10.3. The third-order valence-corrected chi connectivity index (χ3v) is 2.47. The maximum atomic E-state index is 7.43. The van der Waals surface area contributed by atoms with Crippen molar-refractivity contribution < 1.29 is 9.22 Å². The Morgan fingerprint density at radius 1 is 1.44 bits per heavy atom. The molecule has 5 heteroatoms. The van der Waals surface area contributed by atoms with Gasteiger partial charge in [-0.3, -0.25) is 0 Å². The van der Waals surface area contributed by atoms with E-state index < -0.39 is 0 Å². The molecule has 0 N–H and O–H groups in total. The summed E-state index contributed by atoms with van der Waals surface area (Å²) < 4.78 is 6.72. The number of hydrogen-bond acceptors (Lipinski definition) is 3. The molecule has 1 aliphatic rings. The molecule has 0 atom stereocenters. The summed E-state index contributed by atoms with van der Waals surface area (Å²) in [6.45, 7) is 7.70. The second-order valence-electron chi connectivity index (χ2n) is 4.43. The van der Waals surface area contributed by atoms with Crippen LogP contribution in [-0.4, -0.2) is 43.5 Å². The Morgan fingerprint density at radius 3 is 2.31 bits per heavy atom. The number of aliphatic imine (C=N–C) groups is 1. The van der Waals surface area contributed by atoms with Crippen molar-refractivity contribution in [3.63, 3.8) is 0 Å². The Labute approximate surface area is 97.4 Å². The number of likely N-dealkylation sites (tertiary alicyclic amines) is 1. The van der Waals surface area contributed by atoms with E-state index in [1.807, 2.05) is 0 Å². The number of nitrogens with zero attached hydrogens (tertiary/aromatic N) is 4. The van der Waals surface area contributed by atoms with Crippen LogP contribution in [0.15, 0.2) is 4.99 Å². The van der Waals surface area contributed by atoms with Gasteiger partial charge in [0.2, 0.25) is 0 Å². The zero-order chi connectivity index (χ0) is 12.4. The maximum Gasteiger partial charge on any atom is 0.183 e. The molecule has 5 nitrogen and oxygen atoms in total. The number of nitriles is 1. The van der Waals surface area contributed by atoms with Crippen molar-refractivity contribution >= 4 is 6.01 Å². The highest BCUT2D eigenvalue weighted by Gasteiger charge is 2.26. The molecule has 16 heavy (non-hydrogen) atoms. The second kappa shape index (κ2) is 8.00. The molecule has 0 radical (unpaired) electrons. The SMILES string of the molecule is CC(C)OC[N+]1(C)CCCC1.N#CN=C=[N-]. The van der Waals surface area contributed by atoms with Crippen LogP contribution in [0.25, 0.3) is 5.41 Å². The molecule has 1 heterocycles. The van der Waals surface area contributed by atoms with Gasteiger partial charge in [-0.05, 0) is 13.8 Å². The van der Waals surface area contributed by atoms with Crippen LogP contribution in [0.4, 0.5) is 0 Å². The highest BCUT2D eigenvalue weighted by molar-refractivity contribution is 5.46. The molecular formula is C11H20N4O. The zero-order valence-electron chi connectivity index (χ0n) is 10.3. The largest absolute Gasteiger partial charge is 0.422 e. The molecule has 0 aliphatic carbocycles. The van der Waals surface area contributed by atoms with E-state index in [2.05, 4.69) is 25.9 Å². The van der Waals surface area contributed by atoms with Crippen LogP contribution >= 0.6 is 0 Å². The lowest BCUT2D eigenvalue weighted by molar-refractivity contribution is -0.917. The Bertz CT molecular complexity index is 270. The summed E-state index contributed by atoms with van der Waals surface area (Å²) in [4.78, 5) is 2.58. The number of quaternary nitrogens is 1. The standard InChI is InChI=1S/C9H20NO.C2N3/c1-9(2)11-8-10(3)6-4-5-7-10;3-1-5-2-4/h9H,4-8H2,1-3H3;/q+1;-1. The monoisotopic (exact) mass is 224 g/mol. The van der Waals surface area contributed by atoms with Gasteiger partial charge < -0.3 is 19.6 Å². The Kier molecular flexibility index (Phi) is 7.40. The molecule has 1 rings (SSSR count). The highest BCUT2D eigenvalue weighted by atomic mass is 16.5. The summed E-state index contributed by atoms with van der Waals surface area (Å²) in [5.74, 6) is 0. The predicted molar refractivity (Wildman–Crippen MR) is 62.6 cm³/mol. The molecule has 0 saturated carbocycles. The molecular weight excluding hydrogens is 204 g/mol. The lowest BCUT2D eigenvalue weighted by atomic mass is 10.4. The average Bonchev–Trinajstić information content (AvgIpc) is 2.65. The fourth-order valence-corrected chi connectivity index (χ4v) is 1.58. The molecule has 0 bridgehead atoms. The van der Waals surface area contributed by atoms with Gasteiger partial charge in [0.15, 0.2) is 6.73 Å². The van der Waals surface area contributed by atoms with Crippen molar-refractivity contribution in [2.45, 2.75) is 32.8 Å². The smallest absolute Gasteiger partial charge is 0.183 e. The molecule has 0 unspecified atom stereocenters. The average molecular weight is 224 g/mol. The van der Waals surface area contributed by atoms with Gasteiger partial charge in [-0.25, -0.2) is 0 Å². The van der Waals surface area contributed by atoms with Crippen LogP contribution in [0.3, 0.4) is 0 Å². The molecule has 1 saturated heterocycles. The van der Waals surface area contributed by atoms with Gasteiger partial charge in [0.25, 0.3) is 0 Å². The van der Waals surface area contributed by atoms with E-state index in [0.29, 0.717) is 6.10 Å². The summed E-state index contributed by atoms with van der Waals surface area (Å²) >= 11 is 0. The van der Waals surface area contributed by atoms with E-state index >= 15 is 0 Å².